The van der Waals surface area contributed by atoms with Gasteiger partial charge in [-0.1, -0.05) is 6.92 Å². The van der Waals surface area contributed by atoms with Crippen LogP contribution in [0.1, 0.15) is 13.8 Å². The van der Waals surface area contributed by atoms with Crippen molar-refractivity contribution in [3.05, 3.63) is 18.2 Å². The van der Waals surface area contributed by atoms with Gasteiger partial charge in [-0.05, 0) is 19.1 Å². The van der Waals surface area contributed by atoms with E-state index in [4.69, 9.17) is 15.2 Å². The Bertz CT molecular complexity index is 452. The number of carbonyl (C=O) groups is 1. The lowest BCUT2D eigenvalue weighted by Gasteiger charge is -2.20. The number of nitrogens with one attached hydrogen (secondary N) is 1. The maximum atomic E-state index is 11.9. The minimum absolute atomic E-state index is 0. The van der Waals surface area contributed by atoms with Gasteiger partial charge in [0.05, 0.1) is 5.92 Å². The summed E-state index contributed by atoms with van der Waals surface area (Å²) in [6, 6.07) is 5.17. The smallest absolute Gasteiger partial charge is 0.228 e. The van der Waals surface area contributed by atoms with Crippen LogP contribution < -0.4 is 20.5 Å². The van der Waals surface area contributed by atoms with Crippen LogP contribution in [0, 0.1) is 5.92 Å². The van der Waals surface area contributed by atoms with Crippen molar-refractivity contribution >= 4 is 24.0 Å². The highest BCUT2D eigenvalue weighted by Gasteiger charge is 2.18. The second-order valence-corrected chi connectivity index (χ2v) is 4.50. The van der Waals surface area contributed by atoms with E-state index in [0.29, 0.717) is 30.4 Å². The van der Waals surface area contributed by atoms with Crippen LogP contribution in [0.15, 0.2) is 18.2 Å². The lowest BCUT2D eigenvalue weighted by molar-refractivity contribution is -0.119. The molecule has 0 saturated heterocycles. The monoisotopic (exact) mass is 286 g/mol. The van der Waals surface area contributed by atoms with Crippen molar-refractivity contribution in [3.63, 3.8) is 0 Å². The van der Waals surface area contributed by atoms with Crippen molar-refractivity contribution in [2.75, 3.05) is 18.5 Å². The number of rotatable bonds is 3. The Balaban J connectivity index is 0.00000180. The summed E-state index contributed by atoms with van der Waals surface area (Å²) in [5, 5.41) is 2.82. The average molecular weight is 287 g/mol. The summed E-state index contributed by atoms with van der Waals surface area (Å²) in [5.74, 6) is 1.03. The van der Waals surface area contributed by atoms with Crippen molar-refractivity contribution in [2.45, 2.75) is 19.9 Å². The van der Waals surface area contributed by atoms with Crippen molar-refractivity contribution < 1.29 is 14.3 Å². The first kappa shape index (κ1) is 15.6. The largest absolute Gasteiger partial charge is 0.486 e. The van der Waals surface area contributed by atoms with Gasteiger partial charge >= 0.3 is 0 Å². The van der Waals surface area contributed by atoms with Crippen LogP contribution in [0.4, 0.5) is 5.69 Å². The zero-order valence-corrected chi connectivity index (χ0v) is 11.8. The Labute approximate surface area is 118 Å². The van der Waals surface area contributed by atoms with E-state index in [1.165, 1.54) is 0 Å². The highest BCUT2D eigenvalue weighted by molar-refractivity contribution is 5.93. The Morgan fingerprint density at radius 1 is 1.26 bits per heavy atom. The first-order valence-corrected chi connectivity index (χ1v) is 6.04. The molecule has 0 radical (unpaired) electrons. The van der Waals surface area contributed by atoms with Crippen LogP contribution in [0.3, 0.4) is 0 Å². The van der Waals surface area contributed by atoms with Gasteiger partial charge in [0.1, 0.15) is 13.2 Å². The summed E-state index contributed by atoms with van der Waals surface area (Å²) < 4.78 is 10.9. The van der Waals surface area contributed by atoms with Crippen LogP contribution in [-0.2, 0) is 4.79 Å². The molecular weight excluding hydrogens is 268 g/mol. The highest BCUT2D eigenvalue weighted by atomic mass is 35.5. The molecule has 0 fully saturated rings. The van der Waals surface area contributed by atoms with Crippen LogP contribution in [0.5, 0.6) is 11.5 Å². The van der Waals surface area contributed by atoms with Gasteiger partial charge in [-0.3, -0.25) is 4.79 Å². The predicted molar refractivity (Wildman–Crippen MR) is 76.1 cm³/mol. The number of ether oxygens (including phenoxy) is 2. The number of amides is 1. The molecule has 19 heavy (non-hydrogen) atoms. The second kappa shape index (κ2) is 6.63. The molecule has 1 amide bonds. The molecule has 1 aliphatic heterocycles. The van der Waals surface area contributed by atoms with Crippen LogP contribution in [0.25, 0.3) is 0 Å². The Hall–Kier alpha value is -1.46. The van der Waals surface area contributed by atoms with Crippen molar-refractivity contribution in [2.24, 2.45) is 11.7 Å². The fraction of sp³-hybridized carbons (Fsp3) is 0.462. The van der Waals surface area contributed by atoms with Gasteiger partial charge in [0.25, 0.3) is 0 Å². The number of anilines is 1. The number of halogens is 1. The van der Waals surface area contributed by atoms with Gasteiger partial charge < -0.3 is 20.5 Å². The summed E-state index contributed by atoms with van der Waals surface area (Å²) in [6.07, 6.45) is 0. The molecule has 1 heterocycles. The van der Waals surface area contributed by atoms with Crippen LogP contribution >= 0.6 is 12.4 Å². The van der Waals surface area contributed by atoms with Gasteiger partial charge in [0.15, 0.2) is 11.5 Å². The predicted octanol–water partition coefficient (Wildman–Crippen LogP) is 1.80. The normalized spacial score (nSPS) is 15.9. The maximum absolute atomic E-state index is 11.9. The van der Waals surface area contributed by atoms with E-state index in [0.717, 1.165) is 0 Å². The van der Waals surface area contributed by atoms with Gasteiger partial charge in [-0.15, -0.1) is 12.4 Å². The third-order valence-electron chi connectivity index (χ3n) is 3.01. The molecule has 0 bridgehead atoms. The quantitative estimate of drug-likeness (QED) is 0.889. The first-order chi connectivity index (χ1) is 8.58. The van der Waals surface area contributed by atoms with Crippen molar-refractivity contribution in [1.29, 1.82) is 0 Å². The lowest BCUT2D eigenvalue weighted by Crippen LogP contribution is -2.34. The number of fused-ring (bicyclic) bond motifs is 1. The molecule has 6 heteroatoms. The van der Waals surface area contributed by atoms with Gasteiger partial charge in [0, 0.05) is 17.8 Å². The fourth-order valence-corrected chi connectivity index (χ4v) is 1.62. The van der Waals surface area contributed by atoms with E-state index in [1.54, 1.807) is 25.1 Å². The molecule has 1 aromatic carbocycles. The summed E-state index contributed by atoms with van der Waals surface area (Å²) in [5.41, 5.74) is 6.39. The van der Waals surface area contributed by atoms with Crippen molar-refractivity contribution in [1.82, 2.24) is 0 Å². The van der Waals surface area contributed by atoms with Crippen LogP contribution in [0.2, 0.25) is 0 Å². The SMILES string of the molecule is CC(N)C(C)C(=O)Nc1ccc2c(c1)OCCO2.Cl. The second-order valence-electron chi connectivity index (χ2n) is 4.50. The van der Waals surface area contributed by atoms with E-state index in [2.05, 4.69) is 5.32 Å². The van der Waals surface area contributed by atoms with Gasteiger partial charge in [-0.2, -0.15) is 0 Å². The molecule has 5 nitrogen and oxygen atoms in total. The number of nitrogens with two attached hydrogens (primary N) is 1. The molecule has 0 saturated carbocycles. The molecule has 1 aliphatic rings. The third-order valence-corrected chi connectivity index (χ3v) is 3.01. The minimum atomic E-state index is -0.238. The standard InChI is InChI=1S/C13H18N2O3.ClH/c1-8(9(2)14)13(16)15-10-3-4-11-12(7-10)18-6-5-17-11;/h3-4,7-9H,5-6,14H2,1-2H3,(H,15,16);1H. The maximum Gasteiger partial charge on any atom is 0.228 e. The molecule has 0 aromatic heterocycles. The summed E-state index contributed by atoms with van der Waals surface area (Å²) >= 11 is 0. The molecule has 106 valence electrons. The van der Waals surface area contributed by atoms with E-state index >= 15 is 0 Å². The zero-order valence-electron chi connectivity index (χ0n) is 11.0. The molecule has 1 aromatic rings. The molecular formula is C13H19ClN2O3. The van der Waals surface area contributed by atoms with E-state index in [-0.39, 0.29) is 30.3 Å². The average Bonchev–Trinajstić information content (AvgIpc) is 2.37. The van der Waals surface area contributed by atoms with Crippen LogP contribution in [-0.4, -0.2) is 25.2 Å². The Morgan fingerprint density at radius 2 is 1.89 bits per heavy atom. The Morgan fingerprint density at radius 3 is 2.53 bits per heavy atom. The minimum Gasteiger partial charge on any atom is -0.486 e. The molecule has 2 unspecified atom stereocenters. The number of hydrogen-bond acceptors (Lipinski definition) is 4. The van der Waals surface area contributed by atoms with Crippen molar-refractivity contribution in [3.8, 4) is 11.5 Å². The zero-order chi connectivity index (χ0) is 13.1. The molecule has 2 rings (SSSR count). The summed E-state index contributed by atoms with van der Waals surface area (Å²) in [6.45, 7) is 4.70. The van der Waals surface area contributed by atoms with Gasteiger partial charge in [0.2, 0.25) is 5.91 Å². The number of carbonyl (C=O) groups excluding carboxylic acids is 1. The molecule has 3 N–H and O–H groups in total. The fourth-order valence-electron chi connectivity index (χ4n) is 1.62. The summed E-state index contributed by atoms with van der Waals surface area (Å²) in [4.78, 5) is 11.9. The first-order valence-electron chi connectivity index (χ1n) is 6.04. The molecule has 2 atom stereocenters. The number of hydrogen-bond donors (Lipinski definition) is 2. The topological polar surface area (TPSA) is 73.6 Å². The van der Waals surface area contributed by atoms with E-state index in [1.807, 2.05) is 6.92 Å². The Kier molecular flexibility index (Phi) is 5.44. The summed E-state index contributed by atoms with van der Waals surface area (Å²) in [7, 11) is 0. The molecule has 0 aliphatic carbocycles. The third kappa shape index (κ3) is 3.75. The van der Waals surface area contributed by atoms with E-state index < -0.39 is 0 Å². The lowest BCUT2D eigenvalue weighted by atomic mass is 10.0. The van der Waals surface area contributed by atoms with E-state index in [9.17, 15) is 4.79 Å². The molecule has 0 spiro atoms. The number of benzene rings is 1. The highest BCUT2D eigenvalue weighted by Crippen LogP contribution is 2.32. The van der Waals surface area contributed by atoms with Gasteiger partial charge in [-0.25, -0.2) is 0 Å².